The fraction of sp³-hybridized carbons (Fsp3) is 0.0500. The molecule has 5 rings (SSSR count). The summed E-state index contributed by atoms with van der Waals surface area (Å²) in [5.74, 6) is 0.443. The van der Waals surface area contributed by atoms with E-state index in [1.54, 1.807) is 12.1 Å². The highest BCUT2D eigenvalue weighted by Gasteiger charge is 2.14. The molecule has 0 saturated carbocycles. The van der Waals surface area contributed by atoms with Crippen molar-refractivity contribution in [1.82, 2.24) is 14.5 Å². The predicted molar refractivity (Wildman–Crippen MR) is 102 cm³/mol. The normalized spacial score (nSPS) is 11.4. The van der Waals surface area contributed by atoms with Crippen LogP contribution in [0.3, 0.4) is 0 Å². The molecule has 0 N–H and O–H groups in total. The molecule has 0 fully saturated rings. The predicted octanol–water partition coefficient (Wildman–Crippen LogP) is 4.50. The number of rotatable bonds is 3. The Hall–Kier alpha value is -3.38. The van der Waals surface area contributed by atoms with E-state index in [0.717, 1.165) is 10.9 Å². The van der Waals surface area contributed by atoms with Gasteiger partial charge in [0.15, 0.2) is 0 Å². The van der Waals surface area contributed by atoms with Gasteiger partial charge in [-0.25, -0.2) is 9.97 Å². The van der Waals surface area contributed by atoms with Crippen LogP contribution in [0, 0.1) is 0 Å². The van der Waals surface area contributed by atoms with Crippen molar-refractivity contribution in [3.05, 3.63) is 82.2 Å². The third-order valence-corrected chi connectivity index (χ3v) is 4.54. The van der Waals surface area contributed by atoms with E-state index in [9.17, 15) is 4.79 Å². The first-order chi connectivity index (χ1) is 13.2. The zero-order valence-corrected chi connectivity index (χ0v) is 14.7. The first-order valence-corrected chi connectivity index (χ1v) is 8.64. The summed E-state index contributed by atoms with van der Waals surface area (Å²) in [6, 6.07) is 14.7. The minimum atomic E-state index is -0.261. The molecule has 0 aliphatic rings. The van der Waals surface area contributed by atoms with Crippen LogP contribution in [0.2, 0.25) is 5.02 Å². The van der Waals surface area contributed by atoms with Crippen LogP contribution in [-0.4, -0.2) is 14.5 Å². The number of nitrogens with zero attached hydrogens (tertiary/aromatic N) is 3. The van der Waals surface area contributed by atoms with Gasteiger partial charge in [0.25, 0.3) is 5.56 Å². The van der Waals surface area contributed by atoms with Crippen molar-refractivity contribution in [3.63, 3.8) is 0 Å². The maximum Gasteiger partial charge on any atom is 0.297 e. The number of hydrogen-bond acceptors (Lipinski definition) is 5. The van der Waals surface area contributed by atoms with Crippen LogP contribution in [0.15, 0.2) is 74.8 Å². The van der Waals surface area contributed by atoms with Gasteiger partial charge in [-0.3, -0.25) is 9.36 Å². The smallest absolute Gasteiger partial charge is 0.297 e. The second-order valence-corrected chi connectivity index (χ2v) is 6.54. The van der Waals surface area contributed by atoms with Crippen molar-refractivity contribution < 1.29 is 8.83 Å². The molecular weight excluding hydrogens is 366 g/mol. The number of para-hydroxylation sites is 1. The molecule has 0 saturated heterocycles. The average molecular weight is 378 g/mol. The van der Waals surface area contributed by atoms with Gasteiger partial charge < -0.3 is 8.83 Å². The maximum absolute atomic E-state index is 12.8. The molecule has 0 unspecified atom stereocenters. The largest absolute Gasteiger partial charge is 0.448 e. The highest BCUT2D eigenvalue weighted by atomic mass is 35.5. The molecule has 27 heavy (non-hydrogen) atoms. The van der Waals surface area contributed by atoms with Gasteiger partial charge in [-0.2, -0.15) is 0 Å². The molecule has 5 aromatic rings. The number of hydrogen-bond donors (Lipinski definition) is 0. The monoisotopic (exact) mass is 377 g/mol. The molecular formula is C20H12ClN3O3. The van der Waals surface area contributed by atoms with E-state index < -0.39 is 0 Å². The van der Waals surface area contributed by atoms with E-state index in [0.29, 0.717) is 27.7 Å². The van der Waals surface area contributed by atoms with Gasteiger partial charge in [0, 0.05) is 16.0 Å². The van der Waals surface area contributed by atoms with Gasteiger partial charge in [0.2, 0.25) is 11.5 Å². The Kier molecular flexibility index (Phi) is 3.58. The standard InChI is InChI=1S/C20H12ClN3O3/c21-13-5-3-4-12(8-13)19-23-14(10-26-19)9-24-11-22-17-15-6-1-2-7-16(15)27-18(17)20(24)25/h1-8,10-11H,9H2. The summed E-state index contributed by atoms with van der Waals surface area (Å²) in [6.07, 6.45) is 3.02. The molecule has 6 nitrogen and oxygen atoms in total. The second-order valence-electron chi connectivity index (χ2n) is 6.11. The van der Waals surface area contributed by atoms with Crippen molar-refractivity contribution in [2.75, 3.05) is 0 Å². The van der Waals surface area contributed by atoms with Crippen LogP contribution in [0.25, 0.3) is 33.5 Å². The summed E-state index contributed by atoms with van der Waals surface area (Å²) in [4.78, 5) is 21.6. The van der Waals surface area contributed by atoms with Crippen molar-refractivity contribution >= 4 is 33.7 Å². The van der Waals surface area contributed by atoms with Crippen molar-refractivity contribution in [2.45, 2.75) is 6.54 Å². The summed E-state index contributed by atoms with van der Waals surface area (Å²) in [7, 11) is 0. The number of oxazole rings is 1. The van der Waals surface area contributed by atoms with Gasteiger partial charge in [-0.05, 0) is 30.3 Å². The molecule has 2 aromatic carbocycles. The molecule has 0 bridgehead atoms. The van der Waals surface area contributed by atoms with Gasteiger partial charge >= 0.3 is 0 Å². The second kappa shape index (κ2) is 6.10. The summed E-state index contributed by atoms with van der Waals surface area (Å²) in [6.45, 7) is 0.225. The fourth-order valence-corrected chi connectivity index (χ4v) is 3.23. The Balaban J connectivity index is 1.53. The zero-order valence-electron chi connectivity index (χ0n) is 13.9. The Morgan fingerprint density at radius 2 is 2.00 bits per heavy atom. The van der Waals surface area contributed by atoms with E-state index in [2.05, 4.69) is 9.97 Å². The molecule has 0 radical (unpaired) electrons. The topological polar surface area (TPSA) is 74.1 Å². The lowest BCUT2D eigenvalue weighted by Gasteiger charge is -2.01. The molecule has 0 amide bonds. The lowest BCUT2D eigenvalue weighted by atomic mass is 10.2. The number of aromatic nitrogens is 3. The van der Waals surface area contributed by atoms with Crippen LogP contribution in [-0.2, 0) is 6.54 Å². The third-order valence-electron chi connectivity index (χ3n) is 4.31. The van der Waals surface area contributed by atoms with E-state index in [4.69, 9.17) is 20.4 Å². The number of fused-ring (bicyclic) bond motifs is 3. The van der Waals surface area contributed by atoms with E-state index in [1.807, 2.05) is 36.4 Å². The first-order valence-electron chi connectivity index (χ1n) is 8.26. The SMILES string of the molecule is O=c1c2oc3ccccc3c2ncn1Cc1coc(-c2cccc(Cl)c2)n1. The van der Waals surface area contributed by atoms with Crippen molar-refractivity contribution in [3.8, 4) is 11.5 Å². The molecule has 132 valence electrons. The Bertz CT molecular complexity index is 1350. The highest BCUT2D eigenvalue weighted by molar-refractivity contribution is 6.30. The maximum atomic E-state index is 12.8. The van der Waals surface area contributed by atoms with Crippen molar-refractivity contribution in [2.24, 2.45) is 0 Å². The molecule has 0 spiro atoms. The quantitative estimate of drug-likeness (QED) is 0.463. The fourth-order valence-electron chi connectivity index (χ4n) is 3.04. The van der Waals surface area contributed by atoms with Crippen LogP contribution in [0.4, 0.5) is 0 Å². The van der Waals surface area contributed by atoms with E-state index in [-0.39, 0.29) is 17.7 Å². The van der Waals surface area contributed by atoms with E-state index >= 15 is 0 Å². The molecule has 3 aromatic heterocycles. The number of benzene rings is 2. The Morgan fingerprint density at radius 1 is 1.11 bits per heavy atom. The van der Waals surface area contributed by atoms with Crippen molar-refractivity contribution in [1.29, 1.82) is 0 Å². The molecule has 0 aliphatic heterocycles. The summed E-state index contributed by atoms with van der Waals surface area (Å²) in [5, 5.41) is 1.42. The molecule has 7 heteroatoms. The lowest BCUT2D eigenvalue weighted by Crippen LogP contribution is -2.20. The van der Waals surface area contributed by atoms with E-state index in [1.165, 1.54) is 17.2 Å². The lowest BCUT2D eigenvalue weighted by molar-refractivity contribution is 0.570. The van der Waals surface area contributed by atoms with Crippen LogP contribution >= 0.6 is 11.6 Å². The summed E-state index contributed by atoms with van der Waals surface area (Å²) in [5.41, 5.74) is 2.54. The zero-order chi connectivity index (χ0) is 18.4. The first kappa shape index (κ1) is 15.8. The molecule has 3 heterocycles. The van der Waals surface area contributed by atoms with Gasteiger partial charge in [0.1, 0.15) is 17.4 Å². The molecule has 0 aliphatic carbocycles. The van der Waals surface area contributed by atoms with Gasteiger partial charge in [-0.1, -0.05) is 29.8 Å². The summed E-state index contributed by atoms with van der Waals surface area (Å²) < 4.78 is 12.7. The average Bonchev–Trinajstić information content (AvgIpc) is 3.29. The van der Waals surface area contributed by atoms with Gasteiger partial charge in [-0.15, -0.1) is 0 Å². The van der Waals surface area contributed by atoms with Crippen LogP contribution in [0.5, 0.6) is 0 Å². The van der Waals surface area contributed by atoms with Crippen LogP contribution in [0.1, 0.15) is 5.69 Å². The molecule has 0 atom stereocenters. The number of halogens is 1. The minimum absolute atomic E-state index is 0.225. The number of furan rings is 1. The van der Waals surface area contributed by atoms with Crippen LogP contribution < -0.4 is 5.56 Å². The Morgan fingerprint density at radius 3 is 2.89 bits per heavy atom. The minimum Gasteiger partial charge on any atom is -0.448 e. The summed E-state index contributed by atoms with van der Waals surface area (Å²) >= 11 is 6.01. The highest BCUT2D eigenvalue weighted by Crippen LogP contribution is 2.25. The van der Waals surface area contributed by atoms with Gasteiger partial charge in [0.05, 0.1) is 18.6 Å². The Labute approximate surface area is 157 Å². The third kappa shape index (κ3) is 2.71.